The summed E-state index contributed by atoms with van der Waals surface area (Å²) < 4.78 is 0. The summed E-state index contributed by atoms with van der Waals surface area (Å²) in [5, 5.41) is 0.945. The fourth-order valence-electron chi connectivity index (χ4n) is 3.16. The molecule has 0 saturated heterocycles. The van der Waals surface area contributed by atoms with Crippen LogP contribution in [0.4, 0.5) is 0 Å². The predicted octanol–water partition coefficient (Wildman–Crippen LogP) is 6.87. The minimum absolute atomic E-state index is 0.945. The molecule has 0 saturated carbocycles. The Morgan fingerprint density at radius 2 is 1.39 bits per heavy atom. The van der Waals surface area contributed by atoms with Crippen molar-refractivity contribution in [2.45, 2.75) is 84.1 Å². The van der Waals surface area contributed by atoms with Crippen molar-refractivity contribution >= 4 is 11.6 Å². The van der Waals surface area contributed by atoms with Crippen molar-refractivity contribution in [1.29, 1.82) is 0 Å². The summed E-state index contributed by atoms with van der Waals surface area (Å²) in [7, 11) is 4.23. The zero-order valence-corrected chi connectivity index (χ0v) is 16.3. The Labute approximate surface area is 149 Å². The molecule has 23 heavy (non-hydrogen) atoms. The average Bonchev–Trinajstić information content (AvgIpc) is 2.51. The van der Waals surface area contributed by atoms with Crippen LogP contribution in [0.2, 0.25) is 5.02 Å². The van der Waals surface area contributed by atoms with E-state index in [1.807, 2.05) is 6.07 Å². The van der Waals surface area contributed by atoms with E-state index in [0.29, 0.717) is 0 Å². The first-order valence-corrected chi connectivity index (χ1v) is 9.94. The molecule has 1 aromatic carbocycles. The van der Waals surface area contributed by atoms with E-state index in [4.69, 9.17) is 11.6 Å². The van der Waals surface area contributed by atoms with Gasteiger partial charge in [0.1, 0.15) is 0 Å². The van der Waals surface area contributed by atoms with E-state index in [2.05, 4.69) is 38.1 Å². The van der Waals surface area contributed by atoms with E-state index < -0.39 is 0 Å². The lowest BCUT2D eigenvalue weighted by molar-refractivity contribution is 0.400. The molecule has 0 aliphatic carbocycles. The van der Waals surface area contributed by atoms with Gasteiger partial charge < -0.3 is 4.90 Å². The molecule has 2 heteroatoms. The smallest absolute Gasteiger partial charge is 0.0441 e. The normalized spacial score (nSPS) is 11.3. The maximum Gasteiger partial charge on any atom is 0.0441 e. The first-order valence-electron chi connectivity index (χ1n) is 9.56. The maximum absolute atomic E-state index is 6.42. The lowest BCUT2D eigenvalue weighted by Crippen LogP contribution is -2.12. The largest absolute Gasteiger partial charge is 0.305 e. The number of nitrogens with zero attached hydrogens (tertiary/aromatic N) is 1. The van der Waals surface area contributed by atoms with E-state index in [9.17, 15) is 0 Å². The monoisotopic (exact) mass is 337 g/mol. The summed E-state index contributed by atoms with van der Waals surface area (Å²) in [4.78, 5) is 2.22. The molecule has 1 rings (SSSR count). The molecule has 0 spiro atoms. The molecule has 1 nitrogen and oxygen atoms in total. The summed E-state index contributed by atoms with van der Waals surface area (Å²) in [6.07, 6.45) is 15.0. The van der Waals surface area contributed by atoms with Crippen LogP contribution in [0, 0.1) is 0 Å². The summed E-state index contributed by atoms with van der Waals surface area (Å²) in [6.45, 7) is 3.26. The van der Waals surface area contributed by atoms with E-state index in [1.165, 1.54) is 75.3 Å². The van der Waals surface area contributed by atoms with Crippen molar-refractivity contribution in [3.8, 4) is 0 Å². The van der Waals surface area contributed by atoms with Gasteiger partial charge in [0.25, 0.3) is 0 Å². The topological polar surface area (TPSA) is 3.24 Å². The number of halogens is 1. The highest BCUT2D eigenvalue weighted by Gasteiger charge is 2.07. The predicted molar refractivity (Wildman–Crippen MR) is 104 cm³/mol. The van der Waals surface area contributed by atoms with Crippen LogP contribution in [0.3, 0.4) is 0 Å². The van der Waals surface area contributed by atoms with Crippen LogP contribution in [0.15, 0.2) is 18.2 Å². The second-order valence-electron chi connectivity index (χ2n) is 7.05. The van der Waals surface area contributed by atoms with E-state index in [-0.39, 0.29) is 0 Å². The minimum atomic E-state index is 0.945. The molecule has 0 amide bonds. The highest BCUT2D eigenvalue weighted by Crippen LogP contribution is 2.23. The zero-order valence-electron chi connectivity index (χ0n) is 15.5. The van der Waals surface area contributed by atoms with Gasteiger partial charge in [-0.15, -0.1) is 0 Å². The molecule has 0 unspecified atom stereocenters. The Morgan fingerprint density at radius 3 is 1.96 bits per heavy atom. The third-order valence-corrected chi connectivity index (χ3v) is 4.84. The molecule has 1 aromatic rings. The third kappa shape index (κ3) is 9.37. The molecule has 0 bridgehead atoms. The van der Waals surface area contributed by atoms with Gasteiger partial charge in [-0.1, -0.05) is 88.4 Å². The molecule has 0 atom stereocenters. The Kier molecular flexibility index (Phi) is 11.5. The zero-order chi connectivity index (χ0) is 16.9. The fourth-order valence-corrected chi connectivity index (χ4v) is 3.45. The SMILES string of the molecule is CCCCCCCCCCCCc1c(Cl)cccc1CN(C)C. The van der Waals surface area contributed by atoms with Crippen LogP contribution in [0.1, 0.15) is 82.3 Å². The van der Waals surface area contributed by atoms with Gasteiger partial charge in [-0.25, -0.2) is 0 Å². The van der Waals surface area contributed by atoms with Gasteiger partial charge in [0.15, 0.2) is 0 Å². The Hall–Kier alpha value is -0.530. The van der Waals surface area contributed by atoms with Crippen LogP contribution < -0.4 is 0 Å². The summed E-state index contributed by atoms with van der Waals surface area (Å²) >= 11 is 6.42. The van der Waals surface area contributed by atoms with Crippen molar-refractivity contribution in [2.24, 2.45) is 0 Å². The average molecular weight is 338 g/mol. The van der Waals surface area contributed by atoms with Gasteiger partial charge in [-0.3, -0.25) is 0 Å². The molecular formula is C21H36ClN. The lowest BCUT2D eigenvalue weighted by atomic mass is 9.99. The number of benzene rings is 1. The Bertz CT molecular complexity index is 414. The van der Waals surface area contributed by atoms with Crippen LogP contribution in [-0.4, -0.2) is 19.0 Å². The molecule has 0 fully saturated rings. The molecule has 0 aromatic heterocycles. The maximum atomic E-state index is 6.42. The van der Waals surface area contributed by atoms with Gasteiger partial charge in [0.05, 0.1) is 0 Å². The van der Waals surface area contributed by atoms with E-state index in [0.717, 1.165) is 18.0 Å². The van der Waals surface area contributed by atoms with Gasteiger partial charge in [-0.2, -0.15) is 0 Å². The van der Waals surface area contributed by atoms with E-state index in [1.54, 1.807) is 0 Å². The van der Waals surface area contributed by atoms with Crippen molar-refractivity contribution < 1.29 is 0 Å². The lowest BCUT2D eigenvalue weighted by Gasteiger charge is -2.15. The summed E-state index contributed by atoms with van der Waals surface area (Å²) in [5.41, 5.74) is 2.75. The van der Waals surface area contributed by atoms with Gasteiger partial charge >= 0.3 is 0 Å². The molecule has 132 valence electrons. The summed E-state index contributed by atoms with van der Waals surface area (Å²) in [5.74, 6) is 0. The first kappa shape index (κ1) is 20.5. The Morgan fingerprint density at radius 1 is 0.826 bits per heavy atom. The quantitative estimate of drug-likeness (QED) is 0.355. The standard InChI is InChI=1S/C21H36ClN/c1-4-5-6-7-8-9-10-11-12-13-16-20-19(18-23(2)3)15-14-17-21(20)22/h14-15,17H,4-13,16,18H2,1-3H3. The van der Waals surface area contributed by atoms with Crippen LogP contribution in [-0.2, 0) is 13.0 Å². The molecular weight excluding hydrogens is 302 g/mol. The van der Waals surface area contributed by atoms with E-state index >= 15 is 0 Å². The van der Waals surface area contributed by atoms with Gasteiger partial charge in [-0.05, 0) is 44.1 Å². The molecule has 0 radical (unpaired) electrons. The van der Waals surface area contributed by atoms with Crippen molar-refractivity contribution in [3.05, 3.63) is 34.3 Å². The fraction of sp³-hybridized carbons (Fsp3) is 0.714. The van der Waals surface area contributed by atoms with Crippen molar-refractivity contribution in [3.63, 3.8) is 0 Å². The second kappa shape index (κ2) is 12.8. The second-order valence-corrected chi connectivity index (χ2v) is 7.45. The third-order valence-electron chi connectivity index (χ3n) is 4.48. The number of rotatable bonds is 13. The number of hydrogen-bond donors (Lipinski definition) is 0. The molecule has 0 aliphatic rings. The molecule has 0 aliphatic heterocycles. The number of unbranched alkanes of at least 4 members (excludes halogenated alkanes) is 9. The van der Waals surface area contributed by atoms with Crippen molar-refractivity contribution in [1.82, 2.24) is 4.90 Å². The molecule has 0 N–H and O–H groups in total. The summed E-state index contributed by atoms with van der Waals surface area (Å²) in [6, 6.07) is 6.33. The molecule has 0 heterocycles. The van der Waals surface area contributed by atoms with Crippen LogP contribution in [0.5, 0.6) is 0 Å². The first-order chi connectivity index (χ1) is 11.1. The van der Waals surface area contributed by atoms with Crippen LogP contribution in [0.25, 0.3) is 0 Å². The van der Waals surface area contributed by atoms with Gasteiger partial charge in [0, 0.05) is 11.6 Å². The highest BCUT2D eigenvalue weighted by molar-refractivity contribution is 6.31. The Balaban J connectivity index is 2.18. The van der Waals surface area contributed by atoms with Crippen LogP contribution >= 0.6 is 11.6 Å². The van der Waals surface area contributed by atoms with Gasteiger partial charge in [0.2, 0.25) is 0 Å². The highest BCUT2D eigenvalue weighted by atomic mass is 35.5. The number of hydrogen-bond acceptors (Lipinski definition) is 1. The minimum Gasteiger partial charge on any atom is -0.305 e. The van der Waals surface area contributed by atoms with Crippen molar-refractivity contribution in [2.75, 3.05) is 14.1 Å².